The maximum Gasteiger partial charge on any atom is 0.333 e. The molecular formula is C44H84N2O8. The quantitative estimate of drug-likeness (QED) is 0.0391. The van der Waals surface area contributed by atoms with Crippen LogP contribution in [0.1, 0.15) is 150 Å². The maximum atomic E-state index is 12.2. The molecule has 0 aromatic carbocycles. The Labute approximate surface area is 331 Å². The predicted octanol–water partition coefficient (Wildman–Crippen LogP) is 8.79. The second-order valence-electron chi connectivity index (χ2n) is 15.0. The smallest absolute Gasteiger partial charge is 0.333 e. The highest BCUT2D eigenvalue weighted by Crippen LogP contribution is 2.15. The molecule has 0 aliphatic carbocycles. The van der Waals surface area contributed by atoms with Gasteiger partial charge in [0.1, 0.15) is 6.61 Å². The number of hydrogen-bond donors (Lipinski definition) is 2. The molecule has 0 bridgehead atoms. The van der Waals surface area contributed by atoms with Crippen LogP contribution in [0, 0.1) is 0 Å². The largest absolute Gasteiger partial charge is 0.462 e. The lowest BCUT2D eigenvalue weighted by Crippen LogP contribution is -2.27. The number of carbonyl (C=O) groups excluding carboxylic acids is 2. The van der Waals surface area contributed by atoms with E-state index >= 15 is 0 Å². The summed E-state index contributed by atoms with van der Waals surface area (Å²) in [6.45, 7) is 22.6. The summed E-state index contributed by atoms with van der Waals surface area (Å²) in [5.41, 5.74) is 0.756. The zero-order valence-electron chi connectivity index (χ0n) is 35.8. The summed E-state index contributed by atoms with van der Waals surface area (Å²) in [6.07, 6.45) is 24.5. The predicted molar refractivity (Wildman–Crippen MR) is 224 cm³/mol. The number of rotatable bonds is 32. The van der Waals surface area contributed by atoms with Gasteiger partial charge in [0.25, 0.3) is 0 Å². The van der Waals surface area contributed by atoms with E-state index < -0.39 is 18.2 Å². The van der Waals surface area contributed by atoms with Crippen molar-refractivity contribution >= 4 is 11.9 Å². The summed E-state index contributed by atoms with van der Waals surface area (Å²) < 4.78 is 21.2. The van der Waals surface area contributed by atoms with Crippen LogP contribution >= 0.6 is 0 Å². The first-order valence-electron chi connectivity index (χ1n) is 21.1. The number of carbonyl (C=O) groups is 2. The fourth-order valence-electron chi connectivity index (χ4n) is 5.44. The average Bonchev–Trinajstić information content (AvgIpc) is 3.68. The van der Waals surface area contributed by atoms with Crippen LogP contribution < -0.4 is 0 Å². The number of unbranched alkanes of at least 4 members (excludes halogenated alkanes) is 15. The third-order valence-electron chi connectivity index (χ3n) is 8.90. The number of likely N-dealkylation sites (N-methyl/N-ethyl adjacent to an activating group) is 1. The zero-order valence-corrected chi connectivity index (χ0v) is 35.8. The van der Waals surface area contributed by atoms with E-state index in [2.05, 4.69) is 31.6 Å². The molecule has 1 fully saturated rings. The third-order valence-corrected chi connectivity index (χ3v) is 8.90. The Morgan fingerprint density at radius 3 is 1.65 bits per heavy atom. The van der Waals surface area contributed by atoms with Crippen LogP contribution in [-0.2, 0) is 28.5 Å². The Hall–Kier alpha value is -2.24. The first-order chi connectivity index (χ1) is 25.9. The minimum atomic E-state index is -0.537. The van der Waals surface area contributed by atoms with Gasteiger partial charge < -0.3 is 39.0 Å². The highest BCUT2D eigenvalue weighted by molar-refractivity contribution is 5.87. The Kier molecular flexibility index (Phi) is 38.9. The molecule has 0 saturated carbocycles. The first kappa shape index (κ1) is 53.9. The van der Waals surface area contributed by atoms with E-state index in [1.807, 2.05) is 32.1 Å². The molecular weight excluding hydrogens is 684 g/mol. The summed E-state index contributed by atoms with van der Waals surface area (Å²) in [7, 11) is 3.85. The van der Waals surface area contributed by atoms with Gasteiger partial charge in [0.2, 0.25) is 0 Å². The highest BCUT2D eigenvalue weighted by atomic mass is 16.5. The molecule has 3 unspecified atom stereocenters. The molecule has 0 aromatic heterocycles. The lowest BCUT2D eigenvalue weighted by atomic mass is 10.0. The molecule has 1 rings (SSSR count). The number of esters is 2. The van der Waals surface area contributed by atoms with Crippen LogP contribution in [0.4, 0.5) is 0 Å². The van der Waals surface area contributed by atoms with Gasteiger partial charge in [-0.05, 0) is 60.3 Å². The topological polar surface area (TPSA) is 118 Å². The van der Waals surface area contributed by atoms with Crippen LogP contribution in [0.3, 0.4) is 0 Å². The number of aliphatic hydroxyl groups excluding tert-OH is 2. The molecule has 1 aliphatic heterocycles. The van der Waals surface area contributed by atoms with Crippen molar-refractivity contribution in [2.45, 2.75) is 168 Å². The minimum absolute atomic E-state index is 0.214. The number of hydrogen-bond acceptors (Lipinski definition) is 10. The van der Waals surface area contributed by atoms with Gasteiger partial charge in [0, 0.05) is 37.2 Å². The van der Waals surface area contributed by atoms with Crippen molar-refractivity contribution in [2.24, 2.45) is 0 Å². The number of ether oxygens (including phenoxy) is 4. The van der Waals surface area contributed by atoms with E-state index in [4.69, 9.17) is 18.9 Å². The average molecular weight is 769 g/mol. The molecule has 318 valence electrons. The summed E-state index contributed by atoms with van der Waals surface area (Å²) in [4.78, 5) is 27.1. The molecule has 2 N–H and O–H groups in total. The van der Waals surface area contributed by atoms with Gasteiger partial charge in [-0.2, -0.15) is 0 Å². The van der Waals surface area contributed by atoms with E-state index in [9.17, 15) is 19.8 Å². The first-order valence-corrected chi connectivity index (χ1v) is 21.1. The third kappa shape index (κ3) is 38.1. The molecule has 0 radical (unpaired) electrons. The summed E-state index contributed by atoms with van der Waals surface area (Å²) in [5.74, 6) is -0.733. The molecule has 0 amide bonds. The van der Waals surface area contributed by atoms with Gasteiger partial charge in [0.05, 0.1) is 44.7 Å². The summed E-state index contributed by atoms with van der Waals surface area (Å²) in [5, 5.41) is 18.8. The number of nitrogens with zero attached hydrogens (tertiary/aromatic N) is 2. The van der Waals surface area contributed by atoms with E-state index in [1.165, 1.54) is 116 Å². The van der Waals surface area contributed by atoms with Crippen molar-refractivity contribution < 1.29 is 38.7 Å². The van der Waals surface area contributed by atoms with Crippen LogP contribution in [-0.4, -0.2) is 117 Å². The van der Waals surface area contributed by atoms with Gasteiger partial charge in [-0.1, -0.05) is 123 Å². The second-order valence-corrected chi connectivity index (χ2v) is 15.0. The van der Waals surface area contributed by atoms with Gasteiger partial charge in [0.15, 0.2) is 0 Å². The molecule has 10 nitrogen and oxygen atoms in total. The van der Waals surface area contributed by atoms with Crippen molar-refractivity contribution in [1.82, 2.24) is 9.80 Å². The Balaban J connectivity index is 0. The molecule has 54 heavy (non-hydrogen) atoms. The lowest BCUT2D eigenvalue weighted by molar-refractivity contribution is -0.140. The Morgan fingerprint density at radius 1 is 0.759 bits per heavy atom. The molecule has 10 heteroatoms. The molecule has 1 aliphatic rings. The van der Waals surface area contributed by atoms with Gasteiger partial charge in [-0.3, -0.25) is 0 Å². The molecule has 0 spiro atoms. The van der Waals surface area contributed by atoms with Crippen LogP contribution in [0.15, 0.2) is 37.1 Å². The van der Waals surface area contributed by atoms with E-state index in [0.717, 1.165) is 19.4 Å². The lowest BCUT2D eigenvalue weighted by Gasteiger charge is -2.20. The summed E-state index contributed by atoms with van der Waals surface area (Å²) >= 11 is 0. The standard InChI is InChI=1S/C30H58O6.C8H15NO2.C6H11N/c1-5-6-7-8-9-10-11-12-13-14-15-16-17-18-19-20-21-34-30(33)26(2)22-29(23-31)36-25-28(4)35-24-27(3)32;1-7(2)8(10)11-6-5-9(3)4;1-2-7-5-3-4-6-7/h27-29,31-32H,2,5-25H2,1,3-4H3;1,5-6H2,2-4H3;2H,1,3-6H2. The SMILES string of the molecule is C=C(C)C(=O)OCCN(C)C.C=C(CC(CO)OCC(C)OCC(C)O)C(=O)OCCCCCCCCCCCCCCCCCC.C=CN1CCCC1. The van der Waals surface area contributed by atoms with E-state index in [-0.39, 0.29) is 38.3 Å². The van der Waals surface area contributed by atoms with Crippen molar-refractivity contribution in [1.29, 1.82) is 0 Å². The fourth-order valence-corrected chi connectivity index (χ4v) is 5.44. The fraction of sp³-hybridized carbons (Fsp3) is 0.818. The number of likely N-dealkylation sites (tertiary alicyclic amines) is 1. The van der Waals surface area contributed by atoms with E-state index in [1.54, 1.807) is 13.8 Å². The van der Waals surface area contributed by atoms with Crippen LogP contribution in [0.25, 0.3) is 0 Å². The normalized spacial score (nSPS) is 13.9. The molecule has 3 atom stereocenters. The monoisotopic (exact) mass is 769 g/mol. The van der Waals surface area contributed by atoms with Gasteiger partial charge in [-0.15, -0.1) is 0 Å². The molecule has 0 aromatic rings. The second kappa shape index (κ2) is 39.0. The maximum absolute atomic E-state index is 12.2. The summed E-state index contributed by atoms with van der Waals surface area (Å²) in [6, 6.07) is 0. The van der Waals surface area contributed by atoms with Crippen molar-refractivity contribution in [3.05, 3.63) is 37.1 Å². The van der Waals surface area contributed by atoms with Crippen LogP contribution in [0.5, 0.6) is 0 Å². The van der Waals surface area contributed by atoms with Crippen molar-refractivity contribution in [3.63, 3.8) is 0 Å². The Morgan fingerprint density at radius 2 is 1.24 bits per heavy atom. The number of aliphatic hydroxyl groups is 2. The van der Waals surface area contributed by atoms with E-state index in [0.29, 0.717) is 24.4 Å². The van der Waals surface area contributed by atoms with Gasteiger partial charge in [-0.25, -0.2) is 9.59 Å². The minimum Gasteiger partial charge on any atom is -0.462 e. The zero-order chi connectivity index (χ0) is 40.8. The van der Waals surface area contributed by atoms with Crippen molar-refractivity contribution in [3.8, 4) is 0 Å². The molecule has 1 saturated heterocycles. The van der Waals surface area contributed by atoms with Crippen LogP contribution in [0.2, 0.25) is 0 Å². The molecule has 1 heterocycles. The van der Waals surface area contributed by atoms with Gasteiger partial charge >= 0.3 is 11.9 Å². The van der Waals surface area contributed by atoms with Crippen molar-refractivity contribution in [2.75, 3.05) is 66.8 Å². The Bertz CT molecular complexity index is 920. The highest BCUT2D eigenvalue weighted by Gasteiger charge is 2.17.